The molecule has 3 unspecified atom stereocenters. The van der Waals surface area contributed by atoms with Crippen LogP contribution in [0.15, 0.2) is 23.0 Å². The Morgan fingerprint density at radius 3 is 2.45 bits per heavy atom. The SMILES string of the molecule is CC1CC2CN(C)c3c(cc(O)c4c3C[C@H]3C[C@H]5[C@@H](N(C)C)C(=O)C(C(N)=O)=C(O)[C@@]5(O)C(=O)C3=C4O)C2N1C. The summed E-state index contributed by atoms with van der Waals surface area (Å²) in [6.07, 6.45) is 1.38. The molecule has 214 valence electrons. The number of nitrogens with two attached hydrogens (primary N) is 1. The Morgan fingerprint density at radius 1 is 1.15 bits per heavy atom. The molecule has 1 saturated heterocycles. The number of hydrogen-bond acceptors (Lipinski definition) is 10. The highest BCUT2D eigenvalue weighted by molar-refractivity contribution is 6.24. The normalized spacial score (nSPS) is 35.4. The molecule has 1 aromatic carbocycles. The minimum atomic E-state index is -2.64. The van der Waals surface area contributed by atoms with Crippen molar-refractivity contribution in [3.63, 3.8) is 0 Å². The first-order valence-corrected chi connectivity index (χ1v) is 13.7. The molecule has 2 aliphatic heterocycles. The Labute approximate surface area is 232 Å². The van der Waals surface area contributed by atoms with Gasteiger partial charge in [0.2, 0.25) is 5.78 Å². The summed E-state index contributed by atoms with van der Waals surface area (Å²) in [5.74, 6) is -6.02. The van der Waals surface area contributed by atoms with Crippen LogP contribution in [0, 0.1) is 17.8 Å². The number of aromatic hydroxyl groups is 1. The average molecular weight is 553 g/mol. The summed E-state index contributed by atoms with van der Waals surface area (Å²) in [5, 5.41) is 45.6. The molecule has 5 aliphatic rings. The molecule has 1 aromatic rings. The summed E-state index contributed by atoms with van der Waals surface area (Å²) in [6, 6.07) is 1.04. The number of aliphatic hydroxyl groups is 3. The van der Waals surface area contributed by atoms with E-state index in [4.69, 9.17) is 5.73 Å². The van der Waals surface area contributed by atoms with E-state index < -0.39 is 58.0 Å². The summed E-state index contributed by atoms with van der Waals surface area (Å²) in [6.45, 7) is 2.99. The van der Waals surface area contributed by atoms with Crippen LogP contribution in [0.1, 0.15) is 42.5 Å². The second-order valence-electron chi connectivity index (χ2n) is 12.5. The molecule has 11 heteroatoms. The molecule has 2 heterocycles. The number of fused-ring (bicyclic) bond motifs is 7. The maximum Gasteiger partial charge on any atom is 0.255 e. The van der Waals surface area contributed by atoms with Crippen molar-refractivity contribution in [2.75, 3.05) is 39.6 Å². The minimum absolute atomic E-state index is 0.0723. The van der Waals surface area contributed by atoms with Crippen LogP contribution in [-0.2, 0) is 20.8 Å². The summed E-state index contributed by atoms with van der Waals surface area (Å²) in [5.41, 5.74) is 4.54. The highest BCUT2D eigenvalue weighted by Crippen LogP contribution is 2.57. The molecule has 11 nitrogen and oxygen atoms in total. The molecule has 0 aromatic heterocycles. The second kappa shape index (κ2) is 8.55. The predicted octanol–water partition coefficient (Wildman–Crippen LogP) is 0.795. The Hall–Kier alpha value is -3.41. The molecule has 2 fully saturated rings. The molecule has 0 spiro atoms. The zero-order valence-electron chi connectivity index (χ0n) is 23.3. The number of phenols is 1. The fourth-order valence-electron chi connectivity index (χ4n) is 8.44. The Bertz CT molecular complexity index is 1450. The number of rotatable bonds is 2. The van der Waals surface area contributed by atoms with Gasteiger partial charge in [0, 0.05) is 42.9 Å². The third kappa shape index (κ3) is 3.19. The van der Waals surface area contributed by atoms with E-state index in [1.165, 1.54) is 4.90 Å². The fourth-order valence-corrected chi connectivity index (χ4v) is 8.44. The molecule has 1 amide bonds. The van der Waals surface area contributed by atoms with E-state index in [9.17, 15) is 34.8 Å². The smallest absolute Gasteiger partial charge is 0.255 e. The van der Waals surface area contributed by atoms with E-state index in [-0.39, 0.29) is 35.8 Å². The van der Waals surface area contributed by atoms with Crippen molar-refractivity contribution < 1.29 is 34.8 Å². The molecule has 7 atom stereocenters. The van der Waals surface area contributed by atoms with Gasteiger partial charge in [0.1, 0.15) is 22.8 Å². The number of phenolic OH excluding ortho intramolecular Hbond substituents is 1. The maximum absolute atomic E-state index is 14.0. The van der Waals surface area contributed by atoms with Crippen molar-refractivity contribution >= 4 is 28.9 Å². The standard InChI is InChI=1S/C29H36N4O7/c1-11-6-13-10-32(4)22-14-7-12-8-16-23(31(2)3)25(36)20(28(30)39)27(38)29(16,40)26(37)18(12)24(35)19(14)17(34)9-15(22)21(13)33(11)5/h9,11-13,16,21,23,34-35,38,40H,6-8,10H2,1-5H3,(H2,30,39)/t11?,12-,13?,16-,21?,23+,29-/m0/s1. The van der Waals surface area contributed by atoms with Crippen molar-refractivity contribution in [3.05, 3.63) is 39.7 Å². The van der Waals surface area contributed by atoms with Gasteiger partial charge in [0.05, 0.1) is 11.6 Å². The molecule has 0 radical (unpaired) electrons. The Morgan fingerprint density at radius 2 is 1.82 bits per heavy atom. The van der Waals surface area contributed by atoms with Crippen LogP contribution < -0.4 is 10.6 Å². The number of likely N-dealkylation sites (N-methyl/N-ethyl adjacent to an activating group) is 1. The number of anilines is 1. The van der Waals surface area contributed by atoms with Gasteiger partial charge in [-0.3, -0.25) is 24.2 Å². The van der Waals surface area contributed by atoms with Crippen LogP contribution in [0.5, 0.6) is 5.75 Å². The molecule has 40 heavy (non-hydrogen) atoms. The van der Waals surface area contributed by atoms with Gasteiger partial charge in [-0.1, -0.05) is 0 Å². The number of nitrogens with zero attached hydrogens (tertiary/aromatic N) is 3. The molecule has 1 saturated carbocycles. The van der Waals surface area contributed by atoms with Crippen molar-refractivity contribution in [1.29, 1.82) is 0 Å². The molecular formula is C29H36N4O7. The summed E-state index contributed by atoms with van der Waals surface area (Å²) in [7, 11) is 7.25. The fraction of sp³-hybridized carbons (Fsp3) is 0.552. The monoisotopic (exact) mass is 552 g/mol. The predicted molar refractivity (Wildman–Crippen MR) is 146 cm³/mol. The van der Waals surface area contributed by atoms with Gasteiger partial charge in [-0.25, -0.2) is 0 Å². The third-order valence-electron chi connectivity index (χ3n) is 10.2. The Balaban J connectivity index is 1.55. The quantitative estimate of drug-likeness (QED) is 0.331. The minimum Gasteiger partial charge on any atom is -0.508 e. The molecule has 6 rings (SSSR count). The van der Waals surface area contributed by atoms with Crippen molar-refractivity contribution in [2.45, 2.75) is 49.9 Å². The number of carbonyl (C=O) groups excluding carboxylic acids is 3. The number of carbonyl (C=O) groups is 3. The van der Waals surface area contributed by atoms with E-state index in [1.807, 2.05) is 7.05 Å². The van der Waals surface area contributed by atoms with E-state index in [0.717, 1.165) is 29.8 Å². The van der Waals surface area contributed by atoms with Crippen LogP contribution in [-0.4, -0.2) is 100 Å². The molecule has 3 aliphatic carbocycles. The van der Waals surface area contributed by atoms with Crippen LogP contribution >= 0.6 is 0 Å². The number of hydrogen-bond donors (Lipinski definition) is 5. The number of likely N-dealkylation sites (tertiary alicyclic amines) is 1. The van der Waals surface area contributed by atoms with Crippen molar-refractivity contribution in [1.82, 2.24) is 9.80 Å². The number of ketones is 2. The van der Waals surface area contributed by atoms with Gasteiger partial charge in [-0.05, 0) is 76.4 Å². The average Bonchev–Trinajstić information content (AvgIpc) is 3.13. The summed E-state index contributed by atoms with van der Waals surface area (Å²) < 4.78 is 0. The van der Waals surface area contributed by atoms with Gasteiger partial charge in [-0.15, -0.1) is 0 Å². The first-order chi connectivity index (χ1) is 18.7. The van der Waals surface area contributed by atoms with E-state index >= 15 is 0 Å². The lowest BCUT2D eigenvalue weighted by atomic mass is 9.57. The van der Waals surface area contributed by atoms with Gasteiger partial charge < -0.3 is 31.1 Å². The number of aliphatic hydroxyl groups excluding tert-OH is 2. The lowest BCUT2D eigenvalue weighted by Gasteiger charge is -2.50. The molecule has 0 bridgehead atoms. The molecular weight excluding hydrogens is 516 g/mol. The highest BCUT2D eigenvalue weighted by Gasteiger charge is 2.64. The van der Waals surface area contributed by atoms with E-state index in [1.54, 1.807) is 20.2 Å². The highest BCUT2D eigenvalue weighted by atomic mass is 16.3. The topological polar surface area (TPSA) is 168 Å². The van der Waals surface area contributed by atoms with Crippen molar-refractivity contribution in [3.8, 4) is 5.75 Å². The van der Waals surface area contributed by atoms with Gasteiger partial charge >= 0.3 is 0 Å². The largest absolute Gasteiger partial charge is 0.508 e. The first-order valence-electron chi connectivity index (χ1n) is 13.7. The lowest BCUT2D eigenvalue weighted by molar-refractivity contribution is -0.153. The van der Waals surface area contributed by atoms with Crippen molar-refractivity contribution in [2.24, 2.45) is 23.5 Å². The van der Waals surface area contributed by atoms with Gasteiger partial charge in [-0.2, -0.15) is 0 Å². The number of benzene rings is 1. The van der Waals surface area contributed by atoms with Gasteiger partial charge in [0.15, 0.2) is 11.4 Å². The van der Waals surface area contributed by atoms with Crippen LogP contribution in [0.4, 0.5) is 5.69 Å². The second-order valence-corrected chi connectivity index (χ2v) is 12.5. The maximum atomic E-state index is 14.0. The number of amides is 1. The zero-order valence-corrected chi connectivity index (χ0v) is 23.3. The molecule has 6 N–H and O–H groups in total. The van der Waals surface area contributed by atoms with Crippen LogP contribution in [0.2, 0.25) is 0 Å². The van der Waals surface area contributed by atoms with Crippen LogP contribution in [0.25, 0.3) is 5.76 Å². The summed E-state index contributed by atoms with van der Waals surface area (Å²) >= 11 is 0. The van der Waals surface area contributed by atoms with Gasteiger partial charge in [0.25, 0.3) is 5.91 Å². The van der Waals surface area contributed by atoms with E-state index in [0.29, 0.717) is 12.0 Å². The third-order valence-corrected chi connectivity index (χ3v) is 10.2. The summed E-state index contributed by atoms with van der Waals surface area (Å²) in [4.78, 5) is 45.5. The number of Topliss-reactive ketones (excluding diaryl/α,β-unsaturated/α-hetero) is 2. The zero-order chi connectivity index (χ0) is 29.2. The number of primary amides is 1. The lowest BCUT2D eigenvalue weighted by Crippen LogP contribution is -2.65. The Kier molecular flexibility index (Phi) is 5.72. The van der Waals surface area contributed by atoms with Crippen LogP contribution in [0.3, 0.4) is 0 Å². The first kappa shape index (κ1) is 26.8. The van der Waals surface area contributed by atoms with E-state index in [2.05, 4.69) is 23.8 Å².